The third-order valence-corrected chi connectivity index (χ3v) is 3.90. The molecule has 2 aromatic rings. The van der Waals surface area contributed by atoms with Crippen LogP contribution in [0.15, 0.2) is 40.9 Å². The summed E-state index contributed by atoms with van der Waals surface area (Å²) >= 11 is 15.0. The molecule has 0 saturated heterocycles. The van der Waals surface area contributed by atoms with Gasteiger partial charge in [0.05, 0.1) is 5.02 Å². The first kappa shape index (κ1) is 14.5. The van der Waals surface area contributed by atoms with Crippen LogP contribution in [0.5, 0.6) is 0 Å². The number of carbonyl (C=O) groups is 1. The number of hydrogen-bond acceptors (Lipinski definition) is 1. The van der Waals surface area contributed by atoms with E-state index in [1.165, 1.54) is 18.2 Å². The lowest BCUT2D eigenvalue weighted by Gasteiger charge is -2.06. The largest absolute Gasteiger partial charge is 0.294 e. The van der Waals surface area contributed by atoms with Gasteiger partial charge < -0.3 is 0 Å². The van der Waals surface area contributed by atoms with Crippen molar-refractivity contribution in [3.05, 3.63) is 67.9 Å². The molecule has 0 spiro atoms. The Morgan fingerprint density at radius 3 is 2.58 bits per heavy atom. The molecule has 98 valence electrons. The van der Waals surface area contributed by atoms with Crippen molar-refractivity contribution in [2.24, 2.45) is 0 Å². The first-order valence-electron chi connectivity index (χ1n) is 5.39. The molecule has 1 nitrogen and oxygen atoms in total. The quantitative estimate of drug-likeness (QED) is 0.676. The Kier molecular flexibility index (Phi) is 4.61. The SMILES string of the molecule is O=C(Cc1ccc(F)cc1Br)c1cc(Cl)ccc1Cl. The minimum atomic E-state index is -0.358. The Bertz CT molecular complexity index is 643. The summed E-state index contributed by atoms with van der Waals surface area (Å²) in [5.41, 5.74) is 1.06. The van der Waals surface area contributed by atoms with Crippen molar-refractivity contribution in [3.63, 3.8) is 0 Å². The second-order valence-electron chi connectivity index (χ2n) is 3.96. The lowest BCUT2D eigenvalue weighted by atomic mass is 10.0. The van der Waals surface area contributed by atoms with Gasteiger partial charge in [0.15, 0.2) is 5.78 Å². The van der Waals surface area contributed by atoms with Crippen LogP contribution in [0.3, 0.4) is 0 Å². The number of ketones is 1. The zero-order valence-corrected chi connectivity index (χ0v) is 12.7. The third-order valence-electron chi connectivity index (χ3n) is 2.59. The van der Waals surface area contributed by atoms with Gasteiger partial charge in [-0.2, -0.15) is 0 Å². The molecule has 0 radical (unpaired) electrons. The molecule has 19 heavy (non-hydrogen) atoms. The Morgan fingerprint density at radius 2 is 1.89 bits per heavy atom. The predicted octanol–water partition coefficient (Wildman–Crippen LogP) is 5.32. The molecule has 0 atom stereocenters. The molecule has 2 rings (SSSR count). The van der Waals surface area contributed by atoms with Gasteiger partial charge in [-0.05, 0) is 35.9 Å². The summed E-state index contributed by atoms with van der Waals surface area (Å²) in [5.74, 6) is -0.524. The summed E-state index contributed by atoms with van der Waals surface area (Å²) in [7, 11) is 0. The number of rotatable bonds is 3. The second-order valence-corrected chi connectivity index (χ2v) is 5.66. The maximum atomic E-state index is 13.0. The van der Waals surface area contributed by atoms with Crippen LogP contribution in [0.4, 0.5) is 4.39 Å². The minimum Gasteiger partial charge on any atom is -0.294 e. The van der Waals surface area contributed by atoms with Crippen LogP contribution in [0.2, 0.25) is 10.0 Å². The van der Waals surface area contributed by atoms with E-state index in [-0.39, 0.29) is 18.0 Å². The van der Waals surface area contributed by atoms with Gasteiger partial charge >= 0.3 is 0 Å². The monoisotopic (exact) mass is 360 g/mol. The Hall–Kier alpha value is -0.900. The van der Waals surface area contributed by atoms with Crippen LogP contribution < -0.4 is 0 Å². The molecule has 0 aliphatic heterocycles. The molecule has 0 saturated carbocycles. The molecule has 5 heteroatoms. The molecule has 0 aliphatic rings. The van der Waals surface area contributed by atoms with E-state index < -0.39 is 0 Å². The first-order valence-corrected chi connectivity index (χ1v) is 6.94. The van der Waals surface area contributed by atoms with E-state index in [9.17, 15) is 9.18 Å². The molecule has 0 amide bonds. The third kappa shape index (κ3) is 3.56. The van der Waals surface area contributed by atoms with Crippen molar-refractivity contribution in [2.75, 3.05) is 0 Å². The van der Waals surface area contributed by atoms with Crippen LogP contribution in [0.25, 0.3) is 0 Å². The first-order chi connectivity index (χ1) is 8.97. The van der Waals surface area contributed by atoms with Crippen molar-refractivity contribution in [2.45, 2.75) is 6.42 Å². The normalized spacial score (nSPS) is 10.5. The van der Waals surface area contributed by atoms with E-state index in [0.717, 1.165) is 0 Å². The average Bonchev–Trinajstić information content (AvgIpc) is 2.35. The van der Waals surface area contributed by atoms with E-state index in [0.29, 0.717) is 25.6 Å². The summed E-state index contributed by atoms with van der Waals surface area (Å²) in [6, 6.07) is 8.93. The Morgan fingerprint density at radius 1 is 1.16 bits per heavy atom. The van der Waals surface area contributed by atoms with Gasteiger partial charge in [0.1, 0.15) is 5.82 Å². The lowest BCUT2D eigenvalue weighted by Crippen LogP contribution is -2.05. The highest BCUT2D eigenvalue weighted by Gasteiger charge is 2.13. The van der Waals surface area contributed by atoms with Gasteiger partial charge in [-0.1, -0.05) is 45.2 Å². The fourth-order valence-electron chi connectivity index (χ4n) is 1.64. The van der Waals surface area contributed by atoms with E-state index in [1.54, 1.807) is 18.2 Å². The van der Waals surface area contributed by atoms with Gasteiger partial charge in [-0.25, -0.2) is 4.39 Å². The van der Waals surface area contributed by atoms with Crippen LogP contribution >= 0.6 is 39.1 Å². The number of Topliss-reactive ketones (excluding diaryl/α,β-unsaturated/α-hetero) is 1. The van der Waals surface area contributed by atoms with Crippen LogP contribution in [-0.4, -0.2) is 5.78 Å². The molecule has 0 heterocycles. The zero-order chi connectivity index (χ0) is 14.0. The number of benzene rings is 2. The molecule has 0 unspecified atom stereocenters. The standard InChI is InChI=1S/C14H8BrCl2FO/c15-12-7-10(18)3-1-8(12)5-14(19)11-6-9(16)2-4-13(11)17/h1-4,6-7H,5H2. The molecule has 0 N–H and O–H groups in total. The van der Waals surface area contributed by atoms with Crippen LogP contribution in [-0.2, 0) is 6.42 Å². The summed E-state index contributed by atoms with van der Waals surface area (Å²) in [6.07, 6.45) is 0.126. The molecule has 0 aliphatic carbocycles. The van der Waals surface area contributed by atoms with E-state index in [1.807, 2.05) is 0 Å². The van der Waals surface area contributed by atoms with Crippen molar-refractivity contribution < 1.29 is 9.18 Å². The Balaban J connectivity index is 2.28. The molecule has 0 aromatic heterocycles. The predicted molar refractivity (Wildman–Crippen MR) is 78.6 cm³/mol. The van der Waals surface area contributed by atoms with Crippen molar-refractivity contribution >= 4 is 44.9 Å². The molecule has 0 bridgehead atoms. The molecular weight excluding hydrogens is 354 g/mol. The van der Waals surface area contributed by atoms with Gasteiger partial charge in [0.25, 0.3) is 0 Å². The smallest absolute Gasteiger partial charge is 0.168 e. The Labute approximate surface area is 128 Å². The molecule has 0 fully saturated rings. The highest BCUT2D eigenvalue weighted by Crippen LogP contribution is 2.24. The molecule has 2 aromatic carbocycles. The van der Waals surface area contributed by atoms with Crippen molar-refractivity contribution in [3.8, 4) is 0 Å². The van der Waals surface area contributed by atoms with Gasteiger partial charge in [-0.3, -0.25) is 4.79 Å². The maximum Gasteiger partial charge on any atom is 0.168 e. The molecular formula is C14H8BrCl2FO. The van der Waals surface area contributed by atoms with Crippen LogP contribution in [0, 0.1) is 5.82 Å². The number of halogens is 4. The van der Waals surface area contributed by atoms with E-state index in [2.05, 4.69) is 15.9 Å². The van der Waals surface area contributed by atoms with Crippen LogP contribution in [0.1, 0.15) is 15.9 Å². The van der Waals surface area contributed by atoms with Gasteiger partial charge in [0, 0.05) is 21.5 Å². The van der Waals surface area contributed by atoms with Crippen molar-refractivity contribution in [1.29, 1.82) is 0 Å². The minimum absolute atomic E-state index is 0.126. The summed E-state index contributed by atoms with van der Waals surface area (Å²) < 4.78 is 13.5. The topological polar surface area (TPSA) is 17.1 Å². The highest BCUT2D eigenvalue weighted by atomic mass is 79.9. The summed E-state index contributed by atoms with van der Waals surface area (Å²) in [4.78, 5) is 12.2. The fourth-order valence-corrected chi connectivity index (χ4v) is 2.53. The van der Waals surface area contributed by atoms with E-state index >= 15 is 0 Å². The van der Waals surface area contributed by atoms with Gasteiger partial charge in [0.2, 0.25) is 0 Å². The lowest BCUT2D eigenvalue weighted by molar-refractivity contribution is 0.0993. The highest BCUT2D eigenvalue weighted by molar-refractivity contribution is 9.10. The maximum absolute atomic E-state index is 13.0. The fraction of sp³-hybridized carbons (Fsp3) is 0.0714. The second kappa shape index (κ2) is 6.04. The zero-order valence-electron chi connectivity index (χ0n) is 9.59. The number of carbonyl (C=O) groups excluding carboxylic acids is 1. The summed E-state index contributed by atoms with van der Waals surface area (Å²) in [5, 5.41) is 0.804. The summed E-state index contributed by atoms with van der Waals surface area (Å²) in [6.45, 7) is 0. The van der Waals surface area contributed by atoms with E-state index in [4.69, 9.17) is 23.2 Å². The number of hydrogen-bond donors (Lipinski definition) is 0. The average molecular weight is 362 g/mol. The van der Waals surface area contributed by atoms with Gasteiger partial charge in [-0.15, -0.1) is 0 Å². The van der Waals surface area contributed by atoms with Crippen molar-refractivity contribution in [1.82, 2.24) is 0 Å².